The summed E-state index contributed by atoms with van der Waals surface area (Å²) in [6.45, 7) is 3.62. The number of carbonyl (C=O) groups is 1. The van der Waals surface area contributed by atoms with Crippen LogP contribution in [0, 0.1) is 6.92 Å². The smallest absolute Gasteiger partial charge is 0.479 e. The van der Waals surface area contributed by atoms with Crippen molar-refractivity contribution in [3.8, 4) is 22.8 Å². The van der Waals surface area contributed by atoms with Crippen molar-refractivity contribution in [1.82, 2.24) is 9.72 Å². The Morgan fingerprint density at radius 2 is 1.80 bits per heavy atom. The molecule has 0 aliphatic heterocycles. The number of nitrogens with zero attached hydrogens (tertiary/aromatic N) is 2. The number of fused-ring (bicyclic) bond motifs is 2. The van der Waals surface area contributed by atoms with Gasteiger partial charge in [-0.25, -0.2) is 4.79 Å². The molecule has 1 N–H and O–H groups in total. The van der Waals surface area contributed by atoms with Crippen LogP contribution < -0.4 is 9.47 Å². The standard InChI is InChI=1S/C28H21Cl2F3N2O5/c1-3-23(27(36)37)38-17-6-9-21(30)15(10-17)13-35-14(2)25(26-20-7-4-16(29)11-24(20)40-34-26)19-8-5-18(12-22(19)35)39-28(31,32)33/h4-12,23H,3,13H2,1-2H3,(H,36,37)/t23-/m1/s1. The second-order valence-electron chi connectivity index (χ2n) is 9.05. The Bertz CT molecular complexity index is 1750. The summed E-state index contributed by atoms with van der Waals surface area (Å²) < 4.78 is 56.3. The quantitative estimate of drug-likeness (QED) is 0.195. The normalized spacial score (nSPS) is 12.7. The molecule has 0 bridgehead atoms. The van der Waals surface area contributed by atoms with Gasteiger partial charge in [0.05, 0.1) is 5.52 Å². The van der Waals surface area contributed by atoms with E-state index in [-0.39, 0.29) is 13.0 Å². The van der Waals surface area contributed by atoms with Crippen molar-refractivity contribution in [2.75, 3.05) is 0 Å². The minimum absolute atomic E-state index is 0.124. The van der Waals surface area contributed by atoms with Crippen molar-refractivity contribution >= 4 is 51.0 Å². The fraction of sp³-hybridized carbons (Fsp3) is 0.214. The van der Waals surface area contributed by atoms with Gasteiger partial charge in [-0.2, -0.15) is 0 Å². The molecule has 5 rings (SSSR count). The Morgan fingerprint density at radius 3 is 2.50 bits per heavy atom. The van der Waals surface area contributed by atoms with Gasteiger partial charge in [0.1, 0.15) is 17.2 Å². The molecule has 7 nitrogen and oxygen atoms in total. The van der Waals surface area contributed by atoms with Crippen LogP contribution in [0.4, 0.5) is 13.2 Å². The number of alkyl halides is 3. The summed E-state index contributed by atoms with van der Waals surface area (Å²) in [4.78, 5) is 11.5. The molecule has 3 aromatic carbocycles. The second-order valence-corrected chi connectivity index (χ2v) is 9.89. The highest BCUT2D eigenvalue weighted by molar-refractivity contribution is 6.31. The van der Waals surface area contributed by atoms with Crippen molar-refractivity contribution in [3.63, 3.8) is 0 Å². The van der Waals surface area contributed by atoms with Crippen LogP contribution in [-0.4, -0.2) is 33.3 Å². The number of rotatable bonds is 8. The average Bonchev–Trinajstić information content (AvgIpc) is 3.40. The van der Waals surface area contributed by atoms with Crippen molar-refractivity contribution in [2.45, 2.75) is 39.3 Å². The second kappa shape index (κ2) is 10.6. The number of hydrogen-bond acceptors (Lipinski definition) is 5. The van der Waals surface area contributed by atoms with Crippen molar-refractivity contribution in [1.29, 1.82) is 0 Å². The van der Waals surface area contributed by atoms with Crippen molar-refractivity contribution < 1.29 is 37.1 Å². The lowest BCUT2D eigenvalue weighted by Crippen LogP contribution is -2.25. The zero-order valence-corrected chi connectivity index (χ0v) is 22.6. The van der Waals surface area contributed by atoms with E-state index in [2.05, 4.69) is 9.89 Å². The van der Waals surface area contributed by atoms with Crippen LogP contribution in [0.1, 0.15) is 24.6 Å². The zero-order valence-electron chi connectivity index (χ0n) is 21.1. The summed E-state index contributed by atoms with van der Waals surface area (Å²) in [5, 5.41) is 15.7. The van der Waals surface area contributed by atoms with Gasteiger partial charge in [-0.3, -0.25) is 0 Å². The van der Waals surface area contributed by atoms with Crippen LogP contribution in [0.5, 0.6) is 11.5 Å². The molecule has 0 aliphatic rings. The molecule has 0 fully saturated rings. The van der Waals surface area contributed by atoms with Crippen LogP contribution >= 0.6 is 23.2 Å². The predicted octanol–water partition coefficient (Wildman–Crippen LogP) is 8.25. The zero-order chi connectivity index (χ0) is 28.8. The van der Waals surface area contributed by atoms with Crippen LogP contribution in [0.2, 0.25) is 10.0 Å². The molecule has 0 aliphatic carbocycles. The Balaban J connectivity index is 1.66. The number of ether oxygens (including phenoxy) is 2. The molecular formula is C28H21Cl2F3N2O5. The maximum atomic E-state index is 13.1. The molecule has 12 heteroatoms. The number of carboxylic acids is 1. The summed E-state index contributed by atoms with van der Waals surface area (Å²) in [7, 11) is 0. The van der Waals surface area contributed by atoms with Gasteiger partial charge in [-0.05, 0) is 61.4 Å². The molecule has 0 radical (unpaired) electrons. The highest BCUT2D eigenvalue weighted by Gasteiger charge is 2.32. The minimum Gasteiger partial charge on any atom is -0.479 e. The van der Waals surface area contributed by atoms with E-state index < -0.39 is 24.2 Å². The molecule has 0 unspecified atom stereocenters. The van der Waals surface area contributed by atoms with Crippen molar-refractivity contribution in [2.24, 2.45) is 0 Å². The Kier molecular flexibility index (Phi) is 7.32. The summed E-state index contributed by atoms with van der Waals surface area (Å²) in [6.07, 6.45) is -5.68. The first-order chi connectivity index (χ1) is 18.9. The number of aliphatic carboxylic acids is 1. The Hall–Kier alpha value is -3.89. The van der Waals surface area contributed by atoms with Gasteiger partial charge in [0.2, 0.25) is 0 Å². The predicted molar refractivity (Wildman–Crippen MR) is 144 cm³/mol. The molecule has 0 saturated carbocycles. The van der Waals surface area contributed by atoms with E-state index in [4.69, 9.17) is 32.5 Å². The highest BCUT2D eigenvalue weighted by atomic mass is 35.5. The molecule has 208 valence electrons. The van der Waals surface area contributed by atoms with Gasteiger partial charge in [-0.15, -0.1) is 13.2 Å². The number of aromatic nitrogens is 2. The first-order valence-electron chi connectivity index (χ1n) is 12.1. The molecule has 0 spiro atoms. The first-order valence-corrected chi connectivity index (χ1v) is 12.8. The number of halogens is 5. The lowest BCUT2D eigenvalue weighted by molar-refractivity contribution is -0.274. The maximum absolute atomic E-state index is 13.1. The third kappa shape index (κ3) is 5.41. The summed E-state index contributed by atoms with van der Waals surface area (Å²) in [5.74, 6) is -1.20. The third-order valence-electron chi connectivity index (χ3n) is 6.47. The van der Waals surface area contributed by atoms with Crippen LogP contribution in [0.25, 0.3) is 33.1 Å². The van der Waals surface area contributed by atoms with E-state index in [0.717, 1.165) is 0 Å². The number of benzene rings is 3. The summed E-state index contributed by atoms with van der Waals surface area (Å²) in [5.41, 5.74) is 3.26. The highest BCUT2D eigenvalue weighted by Crippen LogP contribution is 2.41. The molecule has 40 heavy (non-hydrogen) atoms. The lowest BCUT2D eigenvalue weighted by atomic mass is 10.0. The van der Waals surface area contributed by atoms with E-state index in [1.54, 1.807) is 47.9 Å². The van der Waals surface area contributed by atoms with Gasteiger partial charge in [0.25, 0.3) is 0 Å². The number of hydrogen-bond donors (Lipinski definition) is 1. The van der Waals surface area contributed by atoms with E-state index in [1.165, 1.54) is 18.2 Å². The Morgan fingerprint density at radius 1 is 1.07 bits per heavy atom. The topological polar surface area (TPSA) is 86.7 Å². The van der Waals surface area contributed by atoms with E-state index >= 15 is 0 Å². The van der Waals surface area contributed by atoms with E-state index in [9.17, 15) is 23.1 Å². The van der Waals surface area contributed by atoms with E-state index in [0.29, 0.717) is 60.2 Å². The molecule has 0 saturated heterocycles. The third-order valence-corrected chi connectivity index (χ3v) is 7.07. The van der Waals surface area contributed by atoms with Crippen LogP contribution in [0.15, 0.2) is 59.1 Å². The van der Waals surface area contributed by atoms with Gasteiger partial charge in [-0.1, -0.05) is 35.3 Å². The summed E-state index contributed by atoms with van der Waals surface area (Å²) in [6, 6.07) is 13.9. The molecule has 1 atom stereocenters. The van der Waals surface area contributed by atoms with Crippen molar-refractivity contribution in [3.05, 3.63) is 75.9 Å². The fourth-order valence-electron chi connectivity index (χ4n) is 4.64. The van der Waals surface area contributed by atoms with Crippen LogP contribution in [-0.2, 0) is 11.3 Å². The van der Waals surface area contributed by atoms with Crippen LogP contribution in [0.3, 0.4) is 0 Å². The summed E-state index contributed by atoms with van der Waals surface area (Å²) >= 11 is 12.6. The molecular weight excluding hydrogens is 572 g/mol. The number of carboxylic acid groups (broad SMARTS) is 1. The first kappa shape index (κ1) is 27.7. The lowest BCUT2D eigenvalue weighted by Gasteiger charge is -2.16. The van der Waals surface area contributed by atoms with Gasteiger partial charge < -0.3 is 23.7 Å². The van der Waals surface area contributed by atoms with E-state index in [1.807, 2.05) is 6.92 Å². The monoisotopic (exact) mass is 592 g/mol. The SMILES string of the molecule is CC[C@@H](Oc1ccc(Cl)c(Cn2c(C)c(-c3noc4cc(Cl)ccc34)c3ccc(OC(F)(F)F)cc32)c1)C(=O)O. The van der Waals surface area contributed by atoms with Gasteiger partial charge >= 0.3 is 12.3 Å². The minimum atomic E-state index is -4.88. The molecule has 5 aromatic rings. The maximum Gasteiger partial charge on any atom is 0.573 e. The average molecular weight is 593 g/mol. The van der Waals surface area contributed by atoms with Gasteiger partial charge in [0.15, 0.2) is 11.7 Å². The molecule has 2 aromatic heterocycles. The molecule has 0 amide bonds. The fourth-order valence-corrected chi connectivity index (χ4v) is 4.98. The Labute approximate surface area is 235 Å². The largest absolute Gasteiger partial charge is 0.573 e. The molecule has 2 heterocycles. The van der Waals surface area contributed by atoms with Gasteiger partial charge in [0, 0.05) is 50.8 Å².